The number of aryl methyl sites for hydroxylation is 4. The van der Waals surface area contributed by atoms with Crippen molar-refractivity contribution in [3.05, 3.63) is 64.6 Å². The second kappa shape index (κ2) is 6.35. The molecular formula is C19H21N3O2. The Hall–Kier alpha value is -2.82. The monoisotopic (exact) mass is 323 g/mol. The Bertz CT molecular complexity index is 895. The molecule has 124 valence electrons. The summed E-state index contributed by atoms with van der Waals surface area (Å²) in [6.45, 7) is 3.92. The Labute approximate surface area is 141 Å². The summed E-state index contributed by atoms with van der Waals surface area (Å²) in [7, 11) is 1.65. The maximum absolute atomic E-state index is 12.0. The van der Waals surface area contributed by atoms with Gasteiger partial charge in [0.2, 0.25) is 0 Å². The van der Waals surface area contributed by atoms with E-state index >= 15 is 0 Å². The van der Waals surface area contributed by atoms with Crippen LogP contribution in [0.3, 0.4) is 0 Å². The van der Waals surface area contributed by atoms with E-state index in [1.165, 1.54) is 5.56 Å². The second-order valence-corrected chi connectivity index (χ2v) is 5.97. The summed E-state index contributed by atoms with van der Waals surface area (Å²) >= 11 is 0. The van der Waals surface area contributed by atoms with E-state index in [9.17, 15) is 4.79 Å². The van der Waals surface area contributed by atoms with Gasteiger partial charge in [-0.3, -0.25) is 4.79 Å². The van der Waals surface area contributed by atoms with Crippen LogP contribution in [0, 0.1) is 13.8 Å². The van der Waals surface area contributed by atoms with Crippen LogP contribution in [0.1, 0.15) is 32.9 Å². The highest BCUT2D eigenvalue weighted by Gasteiger charge is 2.18. The average molecular weight is 323 g/mol. The molecule has 0 unspecified atom stereocenters. The third-order valence-corrected chi connectivity index (χ3v) is 4.23. The van der Waals surface area contributed by atoms with E-state index in [0.29, 0.717) is 11.2 Å². The first-order valence-electron chi connectivity index (χ1n) is 7.90. The first-order valence-corrected chi connectivity index (χ1v) is 7.90. The Morgan fingerprint density at radius 3 is 2.54 bits per heavy atom. The van der Waals surface area contributed by atoms with Crippen LogP contribution in [-0.4, -0.2) is 22.4 Å². The lowest BCUT2D eigenvalue weighted by atomic mass is 10.0. The minimum Gasteiger partial charge on any atom is -0.497 e. The summed E-state index contributed by atoms with van der Waals surface area (Å²) in [5, 5.41) is 0. The van der Waals surface area contributed by atoms with Gasteiger partial charge >= 0.3 is 0 Å². The molecule has 0 atom stereocenters. The Kier molecular flexibility index (Phi) is 4.25. The normalized spacial score (nSPS) is 11.0. The second-order valence-electron chi connectivity index (χ2n) is 5.97. The molecule has 0 saturated carbocycles. The molecule has 5 heteroatoms. The molecule has 5 nitrogen and oxygen atoms in total. The number of hydrogen-bond donors (Lipinski definition) is 1. The molecule has 1 aromatic carbocycles. The number of ether oxygens (including phenoxy) is 1. The van der Waals surface area contributed by atoms with E-state index in [4.69, 9.17) is 10.5 Å². The standard InChI is InChI=1S/C19H21N3O2/c1-12-10-13(2)22-11-15(17(18(20)23)19(22)21-12)7-4-14-5-8-16(24-3)9-6-14/h5-6,8-11H,4,7H2,1-3H3,(H2,20,23). The largest absolute Gasteiger partial charge is 0.497 e. The number of carbonyl (C=O) groups excluding carboxylic acids is 1. The Morgan fingerprint density at radius 1 is 1.21 bits per heavy atom. The molecule has 0 spiro atoms. The number of rotatable bonds is 5. The van der Waals surface area contributed by atoms with E-state index in [2.05, 4.69) is 4.98 Å². The molecule has 0 bridgehead atoms. The van der Waals surface area contributed by atoms with Crippen molar-refractivity contribution in [1.29, 1.82) is 0 Å². The predicted molar refractivity (Wildman–Crippen MR) is 93.6 cm³/mol. The summed E-state index contributed by atoms with van der Waals surface area (Å²) in [6.07, 6.45) is 3.52. The maximum atomic E-state index is 12.0. The average Bonchev–Trinajstić information content (AvgIpc) is 2.92. The number of fused-ring (bicyclic) bond motifs is 1. The van der Waals surface area contributed by atoms with E-state index in [-0.39, 0.29) is 0 Å². The van der Waals surface area contributed by atoms with Gasteiger partial charge in [0.15, 0.2) is 0 Å². The fourth-order valence-electron chi connectivity index (χ4n) is 3.02. The number of amides is 1. The third-order valence-electron chi connectivity index (χ3n) is 4.23. The molecule has 0 aliphatic carbocycles. The van der Waals surface area contributed by atoms with Crippen molar-refractivity contribution >= 4 is 11.6 Å². The first kappa shape index (κ1) is 16.1. The molecule has 0 radical (unpaired) electrons. The Morgan fingerprint density at radius 2 is 1.92 bits per heavy atom. The van der Waals surface area contributed by atoms with Gasteiger partial charge in [-0.1, -0.05) is 12.1 Å². The predicted octanol–water partition coefficient (Wildman–Crippen LogP) is 2.84. The van der Waals surface area contributed by atoms with Crippen LogP contribution in [0.4, 0.5) is 0 Å². The molecule has 1 amide bonds. The molecular weight excluding hydrogens is 302 g/mol. The van der Waals surface area contributed by atoms with Gasteiger partial charge in [0.1, 0.15) is 11.4 Å². The van der Waals surface area contributed by atoms with Crippen LogP contribution in [0.15, 0.2) is 36.5 Å². The van der Waals surface area contributed by atoms with Crippen molar-refractivity contribution in [2.45, 2.75) is 26.7 Å². The van der Waals surface area contributed by atoms with Gasteiger partial charge in [-0.2, -0.15) is 0 Å². The molecule has 2 aromatic heterocycles. The van der Waals surface area contributed by atoms with Gasteiger partial charge in [-0.25, -0.2) is 4.98 Å². The first-order chi connectivity index (χ1) is 11.5. The van der Waals surface area contributed by atoms with Gasteiger partial charge in [0, 0.05) is 17.6 Å². The lowest BCUT2D eigenvalue weighted by Crippen LogP contribution is -2.14. The Balaban J connectivity index is 1.94. The summed E-state index contributed by atoms with van der Waals surface area (Å²) in [5.41, 5.74) is 10.8. The lowest BCUT2D eigenvalue weighted by molar-refractivity contribution is 0.100. The summed E-state index contributed by atoms with van der Waals surface area (Å²) in [6, 6.07) is 9.94. The van der Waals surface area contributed by atoms with Gasteiger partial charge < -0.3 is 14.9 Å². The van der Waals surface area contributed by atoms with E-state index in [1.807, 2.05) is 54.8 Å². The molecule has 3 rings (SSSR count). The van der Waals surface area contributed by atoms with E-state index < -0.39 is 5.91 Å². The number of benzene rings is 1. The maximum Gasteiger partial charge on any atom is 0.252 e. The topological polar surface area (TPSA) is 69.6 Å². The van der Waals surface area contributed by atoms with Crippen molar-refractivity contribution in [1.82, 2.24) is 9.38 Å². The molecule has 2 N–H and O–H groups in total. The summed E-state index contributed by atoms with van der Waals surface area (Å²) < 4.78 is 7.11. The van der Waals surface area contributed by atoms with Crippen LogP contribution in [0.2, 0.25) is 0 Å². The van der Waals surface area contributed by atoms with Gasteiger partial charge in [-0.15, -0.1) is 0 Å². The van der Waals surface area contributed by atoms with Crippen LogP contribution in [0.5, 0.6) is 5.75 Å². The van der Waals surface area contributed by atoms with Gasteiger partial charge in [0.05, 0.1) is 12.7 Å². The summed E-state index contributed by atoms with van der Waals surface area (Å²) in [4.78, 5) is 16.5. The van der Waals surface area contributed by atoms with E-state index in [1.54, 1.807) is 7.11 Å². The van der Waals surface area contributed by atoms with Crippen LogP contribution >= 0.6 is 0 Å². The van der Waals surface area contributed by atoms with Crippen molar-refractivity contribution in [2.24, 2.45) is 5.73 Å². The number of methoxy groups -OCH3 is 1. The minimum absolute atomic E-state index is 0.431. The van der Waals surface area contributed by atoms with E-state index in [0.717, 1.165) is 35.5 Å². The van der Waals surface area contributed by atoms with Crippen LogP contribution < -0.4 is 10.5 Å². The molecule has 0 aliphatic heterocycles. The highest BCUT2D eigenvalue weighted by molar-refractivity contribution is 6.00. The number of nitrogens with zero attached hydrogens (tertiary/aromatic N) is 2. The van der Waals surface area contributed by atoms with Crippen molar-refractivity contribution in [3.63, 3.8) is 0 Å². The van der Waals surface area contributed by atoms with Crippen LogP contribution in [-0.2, 0) is 12.8 Å². The smallest absolute Gasteiger partial charge is 0.252 e. The molecule has 3 aromatic rings. The molecule has 0 fully saturated rings. The lowest BCUT2D eigenvalue weighted by Gasteiger charge is -2.04. The molecule has 0 saturated heterocycles. The SMILES string of the molecule is COc1ccc(CCc2cn3c(C)cc(C)nc3c2C(N)=O)cc1. The fourth-order valence-corrected chi connectivity index (χ4v) is 3.02. The number of hydrogen-bond acceptors (Lipinski definition) is 3. The zero-order chi connectivity index (χ0) is 17.3. The quantitative estimate of drug-likeness (QED) is 0.785. The molecule has 0 aliphatic rings. The zero-order valence-electron chi connectivity index (χ0n) is 14.2. The number of carbonyl (C=O) groups is 1. The number of aromatic nitrogens is 2. The third kappa shape index (κ3) is 2.97. The minimum atomic E-state index is -0.431. The van der Waals surface area contributed by atoms with Crippen LogP contribution in [0.25, 0.3) is 5.65 Å². The van der Waals surface area contributed by atoms with Crippen molar-refractivity contribution in [3.8, 4) is 5.75 Å². The molecule has 2 heterocycles. The highest BCUT2D eigenvalue weighted by atomic mass is 16.5. The molecule has 24 heavy (non-hydrogen) atoms. The number of primary amides is 1. The van der Waals surface area contributed by atoms with Gasteiger partial charge in [-0.05, 0) is 56.0 Å². The van der Waals surface area contributed by atoms with Crippen molar-refractivity contribution < 1.29 is 9.53 Å². The van der Waals surface area contributed by atoms with Crippen molar-refractivity contribution in [2.75, 3.05) is 7.11 Å². The fraction of sp³-hybridized carbons (Fsp3) is 0.263. The zero-order valence-corrected chi connectivity index (χ0v) is 14.2. The highest BCUT2D eigenvalue weighted by Crippen LogP contribution is 2.21. The number of nitrogens with two attached hydrogens (primary N) is 1. The van der Waals surface area contributed by atoms with Gasteiger partial charge in [0.25, 0.3) is 5.91 Å². The summed E-state index contributed by atoms with van der Waals surface area (Å²) in [5.74, 6) is 0.404.